The number of hydrogen-bond acceptors (Lipinski definition) is 3. The maximum atomic E-state index is 13.8. The van der Waals surface area contributed by atoms with Crippen LogP contribution in [0.4, 0.5) is 17.6 Å². The Bertz CT molecular complexity index is 699. The smallest absolute Gasteiger partial charge is 0.311 e. The highest BCUT2D eigenvalue weighted by atomic mass is 35.5. The molecule has 4 nitrogen and oxygen atoms in total. The van der Waals surface area contributed by atoms with E-state index in [1.54, 1.807) is 0 Å². The first-order chi connectivity index (χ1) is 10.6. The zero-order chi connectivity index (χ0) is 16.8. The van der Waals surface area contributed by atoms with E-state index in [0.717, 1.165) is 12.8 Å². The lowest BCUT2D eigenvalue weighted by Gasteiger charge is -2.29. The second kappa shape index (κ2) is 6.78. The van der Waals surface area contributed by atoms with E-state index >= 15 is 0 Å². The predicted molar refractivity (Wildman–Crippen MR) is 81.9 cm³/mol. The number of nitrogens with one attached hydrogen (secondary N) is 2. The third kappa shape index (κ3) is 4.01. The third-order valence-electron chi connectivity index (χ3n) is 4.34. The van der Waals surface area contributed by atoms with Gasteiger partial charge in [0.1, 0.15) is 10.7 Å². The van der Waals surface area contributed by atoms with E-state index in [1.165, 1.54) is 0 Å². The topological polar surface area (TPSA) is 58.2 Å². The summed E-state index contributed by atoms with van der Waals surface area (Å²) in [6, 6.07) is 1.41. The molecule has 2 saturated heterocycles. The van der Waals surface area contributed by atoms with E-state index in [2.05, 4.69) is 10.0 Å². The summed E-state index contributed by atoms with van der Waals surface area (Å²) < 4.78 is 78.9. The molecule has 0 amide bonds. The van der Waals surface area contributed by atoms with Crippen LogP contribution in [-0.4, -0.2) is 26.5 Å². The van der Waals surface area contributed by atoms with Crippen molar-refractivity contribution < 1.29 is 26.0 Å². The number of fused-ring (bicyclic) bond motifs is 2. The Morgan fingerprint density at radius 3 is 2.25 bits per heavy atom. The van der Waals surface area contributed by atoms with Gasteiger partial charge in [-0.3, -0.25) is 0 Å². The minimum absolute atomic E-state index is 0. The normalized spacial score (nSPS) is 26.9. The summed E-state index contributed by atoms with van der Waals surface area (Å²) in [6.07, 6.45) is -1.74. The highest BCUT2D eigenvalue weighted by molar-refractivity contribution is 7.89. The van der Waals surface area contributed by atoms with Crippen LogP contribution < -0.4 is 10.0 Å². The summed E-state index contributed by atoms with van der Waals surface area (Å²) in [4.78, 5) is -0.960. The lowest BCUT2D eigenvalue weighted by molar-refractivity contribution is -0.137. The van der Waals surface area contributed by atoms with E-state index in [9.17, 15) is 26.0 Å². The van der Waals surface area contributed by atoms with Gasteiger partial charge in [0, 0.05) is 18.1 Å². The van der Waals surface area contributed by atoms with Crippen molar-refractivity contribution >= 4 is 22.4 Å². The molecule has 3 rings (SSSR count). The summed E-state index contributed by atoms with van der Waals surface area (Å²) in [5.74, 6) is -1.19. The van der Waals surface area contributed by atoms with Crippen LogP contribution in [0, 0.1) is 5.82 Å². The minimum Gasteiger partial charge on any atom is -0.311 e. The molecule has 0 spiro atoms. The molecule has 1 aromatic rings. The molecular weight excluding hydrogens is 372 g/mol. The van der Waals surface area contributed by atoms with E-state index in [-0.39, 0.29) is 24.5 Å². The van der Waals surface area contributed by atoms with Crippen LogP contribution >= 0.6 is 12.4 Å². The number of hydrogen-bond donors (Lipinski definition) is 2. The number of piperidine rings is 1. The van der Waals surface area contributed by atoms with E-state index in [4.69, 9.17) is 0 Å². The maximum Gasteiger partial charge on any atom is 0.416 e. The lowest BCUT2D eigenvalue weighted by atomic mass is 10.0. The van der Waals surface area contributed by atoms with Crippen LogP contribution in [0.1, 0.15) is 31.2 Å². The molecule has 0 radical (unpaired) electrons. The highest BCUT2D eigenvalue weighted by Gasteiger charge is 2.37. The van der Waals surface area contributed by atoms with Crippen LogP contribution in [0.25, 0.3) is 0 Å². The molecule has 2 atom stereocenters. The van der Waals surface area contributed by atoms with Crippen molar-refractivity contribution in [1.82, 2.24) is 10.0 Å². The molecule has 1 aromatic carbocycles. The van der Waals surface area contributed by atoms with Gasteiger partial charge >= 0.3 is 6.18 Å². The molecule has 0 aliphatic carbocycles. The van der Waals surface area contributed by atoms with E-state index < -0.39 is 38.5 Å². The molecule has 2 heterocycles. The summed E-state index contributed by atoms with van der Waals surface area (Å²) in [5.41, 5.74) is -1.19. The fourth-order valence-corrected chi connectivity index (χ4v) is 4.69. The molecule has 136 valence electrons. The second-order valence-electron chi connectivity index (χ2n) is 6.07. The van der Waals surface area contributed by atoms with Gasteiger partial charge in [-0.2, -0.15) is 13.2 Å². The summed E-state index contributed by atoms with van der Waals surface area (Å²) in [6.45, 7) is 0. The van der Waals surface area contributed by atoms with Gasteiger partial charge in [0.15, 0.2) is 0 Å². The molecule has 2 aliphatic heterocycles. The zero-order valence-corrected chi connectivity index (χ0v) is 14.1. The first-order valence-electron chi connectivity index (χ1n) is 7.30. The van der Waals surface area contributed by atoms with Gasteiger partial charge in [-0.05, 0) is 43.9 Å². The van der Waals surface area contributed by atoms with Crippen molar-refractivity contribution in [2.75, 3.05) is 0 Å². The first kappa shape index (κ1) is 19.4. The van der Waals surface area contributed by atoms with Crippen LogP contribution in [0.5, 0.6) is 0 Å². The summed E-state index contributed by atoms with van der Waals surface area (Å²) in [5, 5.41) is 3.33. The highest BCUT2D eigenvalue weighted by Crippen LogP contribution is 2.32. The maximum absolute atomic E-state index is 13.8. The van der Waals surface area contributed by atoms with Crippen LogP contribution in [0.15, 0.2) is 23.1 Å². The van der Waals surface area contributed by atoms with E-state index in [1.807, 2.05) is 0 Å². The predicted octanol–water partition coefficient (Wildman–Crippen LogP) is 2.83. The Kier molecular flexibility index (Phi) is 5.49. The summed E-state index contributed by atoms with van der Waals surface area (Å²) >= 11 is 0. The number of benzene rings is 1. The van der Waals surface area contributed by atoms with Gasteiger partial charge < -0.3 is 5.32 Å². The number of sulfonamides is 1. The van der Waals surface area contributed by atoms with Crippen LogP contribution in [0.2, 0.25) is 0 Å². The Labute approximate surface area is 143 Å². The molecule has 2 bridgehead atoms. The molecule has 24 heavy (non-hydrogen) atoms. The van der Waals surface area contributed by atoms with Crippen molar-refractivity contribution in [3.63, 3.8) is 0 Å². The Balaban J connectivity index is 0.00000208. The first-order valence-corrected chi connectivity index (χ1v) is 8.78. The van der Waals surface area contributed by atoms with Gasteiger partial charge in [0.05, 0.1) is 5.56 Å². The Morgan fingerprint density at radius 1 is 1.12 bits per heavy atom. The minimum atomic E-state index is -4.73. The van der Waals surface area contributed by atoms with Gasteiger partial charge in [-0.25, -0.2) is 17.5 Å². The fraction of sp³-hybridized carbons (Fsp3) is 0.571. The molecule has 2 N–H and O–H groups in total. The Morgan fingerprint density at radius 2 is 1.71 bits per heavy atom. The van der Waals surface area contributed by atoms with Gasteiger partial charge in [-0.1, -0.05) is 0 Å². The molecule has 10 heteroatoms. The van der Waals surface area contributed by atoms with Gasteiger partial charge in [-0.15, -0.1) is 12.4 Å². The average molecular weight is 389 g/mol. The van der Waals surface area contributed by atoms with Crippen LogP contribution in [-0.2, 0) is 16.2 Å². The zero-order valence-electron chi connectivity index (χ0n) is 12.4. The molecule has 2 aliphatic rings. The molecular formula is C14H17ClF4N2O2S. The number of halogens is 5. The number of alkyl halides is 3. The average Bonchev–Trinajstić information content (AvgIpc) is 2.76. The molecule has 2 fully saturated rings. The van der Waals surface area contributed by atoms with E-state index in [0.29, 0.717) is 31.0 Å². The lowest BCUT2D eigenvalue weighted by Crippen LogP contribution is -2.48. The Hall–Kier alpha value is -0.900. The van der Waals surface area contributed by atoms with Crippen molar-refractivity contribution in [3.05, 3.63) is 29.6 Å². The standard InChI is InChI=1S/C14H16F4N2O2S.ClH/c15-12-4-1-8(14(16,17)18)5-13(12)23(21,22)20-11-6-9-2-3-10(7-11)19-9;/h1,4-5,9-11,19-20H,2-3,6-7H2;1H. The third-order valence-corrected chi connectivity index (χ3v) is 5.88. The molecule has 0 aromatic heterocycles. The largest absolute Gasteiger partial charge is 0.416 e. The number of rotatable bonds is 3. The quantitative estimate of drug-likeness (QED) is 0.783. The second-order valence-corrected chi connectivity index (χ2v) is 7.75. The SMILES string of the molecule is Cl.O=S(=O)(NC1CC2CCC(C1)N2)c1cc(C(F)(F)F)ccc1F. The van der Waals surface area contributed by atoms with Crippen molar-refractivity contribution in [2.45, 2.75) is 54.9 Å². The summed E-state index contributed by atoms with van der Waals surface area (Å²) in [7, 11) is -4.35. The van der Waals surface area contributed by atoms with Crippen molar-refractivity contribution in [3.8, 4) is 0 Å². The van der Waals surface area contributed by atoms with Crippen molar-refractivity contribution in [2.24, 2.45) is 0 Å². The monoisotopic (exact) mass is 388 g/mol. The van der Waals surface area contributed by atoms with Crippen molar-refractivity contribution in [1.29, 1.82) is 0 Å². The fourth-order valence-electron chi connectivity index (χ4n) is 3.32. The molecule has 2 unspecified atom stereocenters. The van der Waals surface area contributed by atoms with Gasteiger partial charge in [0.25, 0.3) is 0 Å². The van der Waals surface area contributed by atoms with Crippen LogP contribution in [0.3, 0.4) is 0 Å². The van der Waals surface area contributed by atoms with Gasteiger partial charge in [0.2, 0.25) is 10.0 Å². The molecule has 0 saturated carbocycles.